The van der Waals surface area contributed by atoms with Crippen molar-refractivity contribution in [1.82, 2.24) is 4.90 Å². The summed E-state index contributed by atoms with van der Waals surface area (Å²) in [6.45, 7) is 13.3. The molecule has 0 atom stereocenters. The number of hydrogen-bond acceptors (Lipinski definition) is 5. The van der Waals surface area contributed by atoms with Crippen molar-refractivity contribution in [2.45, 2.75) is 27.7 Å². The van der Waals surface area contributed by atoms with E-state index in [-0.39, 0.29) is 12.5 Å². The minimum atomic E-state index is -0.415. The van der Waals surface area contributed by atoms with Crippen molar-refractivity contribution in [3.63, 3.8) is 0 Å². The fourth-order valence-electron chi connectivity index (χ4n) is 2.41. The third-order valence-electron chi connectivity index (χ3n) is 4.14. The molecule has 1 rings (SSSR count). The van der Waals surface area contributed by atoms with E-state index >= 15 is 0 Å². The summed E-state index contributed by atoms with van der Waals surface area (Å²) in [7, 11) is 1.77. The molecule has 1 amide bonds. The van der Waals surface area contributed by atoms with Crippen LogP contribution in [0.4, 0.5) is 0 Å². The highest BCUT2D eigenvalue weighted by Gasteiger charge is 2.15. The highest BCUT2D eigenvalue weighted by Crippen LogP contribution is 2.17. The Morgan fingerprint density at radius 1 is 1.00 bits per heavy atom. The molecule has 0 bridgehead atoms. The van der Waals surface area contributed by atoms with Crippen molar-refractivity contribution in [3.05, 3.63) is 46.5 Å². The maximum Gasteiger partial charge on any atom is 0.333 e. The van der Waals surface area contributed by atoms with Crippen LogP contribution in [-0.4, -0.2) is 63.4 Å². The molecule has 0 N–H and O–H groups in total. The number of ether oxygens (including phenoxy) is 3. The fourth-order valence-corrected chi connectivity index (χ4v) is 2.41. The molecule has 0 saturated heterocycles. The van der Waals surface area contributed by atoms with Crippen LogP contribution in [0.5, 0.6) is 0 Å². The number of nitrogens with zero attached hydrogens (tertiary/aromatic N) is 1. The Balaban J connectivity index is 2.21. The molecule has 0 aliphatic heterocycles. The van der Waals surface area contributed by atoms with Crippen LogP contribution in [0.3, 0.4) is 0 Å². The van der Waals surface area contributed by atoms with Gasteiger partial charge in [0.15, 0.2) is 0 Å². The first-order valence-corrected chi connectivity index (χ1v) is 9.05. The summed E-state index contributed by atoms with van der Waals surface area (Å²) < 4.78 is 15.7. The number of carbonyl (C=O) groups is 2. The molecule has 0 heterocycles. The zero-order chi connectivity index (χ0) is 20.4. The van der Waals surface area contributed by atoms with Crippen LogP contribution in [-0.2, 0) is 19.0 Å². The van der Waals surface area contributed by atoms with Crippen molar-refractivity contribution in [2.24, 2.45) is 0 Å². The predicted molar refractivity (Wildman–Crippen MR) is 105 cm³/mol. The molecule has 0 aliphatic carbocycles. The topological polar surface area (TPSA) is 65.1 Å². The van der Waals surface area contributed by atoms with Crippen molar-refractivity contribution in [2.75, 3.05) is 46.6 Å². The van der Waals surface area contributed by atoms with E-state index in [2.05, 4.69) is 12.6 Å². The predicted octanol–water partition coefficient (Wildman–Crippen LogP) is 2.84. The molecule has 6 nitrogen and oxygen atoms in total. The van der Waals surface area contributed by atoms with Gasteiger partial charge in [0.1, 0.15) is 6.61 Å². The van der Waals surface area contributed by atoms with Gasteiger partial charge in [-0.15, -0.1) is 0 Å². The minimum absolute atomic E-state index is 0.00141. The lowest BCUT2D eigenvalue weighted by Gasteiger charge is -2.19. The molecule has 6 heteroatoms. The van der Waals surface area contributed by atoms with Crippen LogP contribution in [0.25, 0.3) is 0 Å². The quantitative estimate of drug-likeness (QED) is 0.337. The lowest BCUT2D eigenvalue weighted by Crippen LogP contribution is -2.31. The molecule has 0 radical (unpaired) electrons. The SMILES string of the molecule is C=C(C)C(=O)OCCOCCOCCN(C)C(=O)c1cc(C)cc(C)c1C. The van der Waals surface area contributed by atoms with Crippen LogP contribution in [0.2, 0.25) is 0 Å². The van der Waals surface area contributed by atoms with Gasteiger partial charge in [0.25, 0.3) is 5.91 Å². The van der Waals surface area contributed by atoms with E-state index < -0.39 is 5.97 Å². The van der Waals surface area contributed by atoms with Crippen molar-refractivity contribution in [3.8, 4) is 0 Å². The fraction of sp³-hybridized carbons (Fsp3) is 0.524. The van der Waals surface area contributed by atoms with E-state index in [1.54, 1.807) is 18.9 Å². The van der Waals surface area contributed by atoms with Gasteiger partial charge in [-0.1, -0.05) is 18.2 Å². The number of likely N-dealkylation sites (N-methyl/N-ethyl adjacent to an activating group) is 1. The maximum atomic E-state index is 12.6. The van der Waals surface area contributed by atoms with E-state index in [1.165, 1.54) is 0 Å². The largest absolute Gasteiger partial charge is 0.460 e. The molecule has 0 spiro atoms. The van der Waals surface area contributed by atoms with Crippen LogP contribution < -0.4 is 0 Å². The molecule has 1 aromatic rings. The van der Waals surface area contributed by atoms with Gasteiger partial charge in [-0.25, -0.2) is 4.79 Å². The molecule has 0 unspecified atom stereocenters. The van der Waals surface area contributed by atoms with E-state index in [9.17, 15) is 9.59 Å². The van der Waals surface area contributed by atoms with Gasteiger partial charge in [-0.05, 0) is 44.9 Å². The van der Waals surface area contributed by atoms with E-state index in [0.29, 0.717) is 38.5 Å². The van der Waals surface area contributed by atoms with E-state index in [1.807, 2.05) is 26.8 Å². The van der Waals surface area contributed by atoms with Gasteiger partial charge < -0.3 is 19.1 Å². The standard InChI is InChI=1S/C21H31NO5/c1-15(2)21(24)27-12-11-26-10-9-25-8-7-22(6)20(23)19-14-16(3)13-17(4)18(19)5/h13-14H,1,7-12H2,2-6H3. The highest BCUT2D eigenvalue weighted by molar-refractivity contribution is 5.96. The number of rotatable bonds is 11. The molecular formula is C21H31NO5. The molecule has 0 aliphatic rings. The first kappa shape index (κ1) is 22.9. The second-order valence-electron chi connectivity index (χ2n) is 6.62. The second-order valence-corrected chi connectivity index (χ2v) is 6.62. The van der Waals surface area contributed by atoms with Gasteiger partial charge in [-0.2, -0.15) is 0 Å². The smallest absolute Gasteiger partial charge is 0.333 e. The average molecular weight is 377 g/mol. The number of carbonyl (C=O) groups excluding carboxylic acids is 2. The Morgan fingerprint density at radius 3 is 2.22 bits per heavy atom. The first-order valence-electron chi connectivity index (χ1n) is 9.05. The summed E-state index contributed by atoms with van der Waals surface area (Å²) in [4.78, 5) is 25.4. The lowest BCUT2D eigenvalue weighted by molar-refractivity contribution is -0.140. The van der Waals surface area contributed by atoms with Crippen LogP contribution in [0.15, 0.2) is 24.3 Å². The Bertz CT molecular complexity index is 669. The Hall–Kier alpha value is -2.18. The molecule has 150 valence electrons. The summed E-state index contributed by atoms with van der Waals surface area (Å²) in [5.41, 5.74) is 4.32. The van der Waals surface area contributed by atoms with Gasteiger partial charge in [0.2, 0.25) is 0 Å². The summed E-state index contributed by atoms with van der Waals surface area (Å²) in [5.74, 6) is -0.417. The van der Waals surface area contributed by atoms with Crippen LogP contribution in [0.1, 0.15) is 34.0 Å². The number of hydrogen-bond donors (Lipinski definition) is 0. The zero-order valence-corrected chi connectivity index (χ0v) is 17.1. The summed E-state index contributed by atoms with van der Waals surface area (Å²) in [5, 5.41) is 0. The van der Waals surface area contributed by atoms with Gasteiger partial charge in [-0.3, -0.25) is 4.79 Å². The highest BCUT2D eigenvalue weighted by atomic mass is 16.6. The molecule has 1 aromatic carbocycles. The number of benzene rings is 1. The van der Waals surface area contributed by atoms with Crippen molar-refractivity contribution >= 4 is 11.9 Å². The zero-order valence-electron chi connectivity index (χ0n) is 17.1. The van der Waals surface area contributed by atoms with Gasteiger partial charge in [0, 0.05) is 24.7 Å². The summed E-state index contributed by atoms with van der Waals surface area (Å²) >= 11 is 0. The third-order valence-corrected chi connectivity index (χ3v) is 4.14. The van der Waals surface area contributed by atoms with Gasteiger partial charge in [0.05, 0.1) is 26.4 Å². The monoisotopic (exact) mass is 377 g/mol. The third kappa shape index (κ3) is 7.93. The summed E-state index contributed by atoms with van der Waals surface area (Å²) in [6.07, 6.45) is 0. The lowest BCUT2D eigenvalue weighted by atomic mass is 9.99. The van der Waals surface area contributed by atoms with E-state index in [4.69, 9.17) is 14.2 Å². The Kier molecular flexibility index (Phi) is 9.75. The van der Waals surface area contributed by atoms with Gasteiger partial charge >= 0.3 is 5.97 Å². The Morgan fingerprint density at radius 2 is 1.59 bits per heavy atom. The average Bonchev–Trinajstić information content (AvgIpc) is 2.62. The van der Waals surface area contributed by atoms with Crippen molar-refractivity contribution < 1.29 is 23.8 Å². The van der Waals surface area contributed by atoms with Crippen LogP contribution >= 0.6 is 0 Å². The molecular weight excluding hydrogens is 346 g/mol. The number of aryl methyl sites for hydroxylation is 2. The number of esters is 1. The molecule has 27 heavy (non-hydrogen) atoms. The first-order chi connectivity index (χ1) is 12.7. The second kappa shape index (κ2) is 11.5. The Labute approximate surface area is 162 Å². The normalized spacial score (nSPS) is 10.6. The summed E-state index contributed by atoms with van der Waals surface area (Å²) in [6, 6.07) is 4.01. The molecule has 0 fully saturated rings. The van der Waals surface area contributed by atoms with Crippen molar-refractivity contribution in [1.29, 1.82) is 0 Å². The van der Waals surface area contributed by atoms with E-state index in [0.717, 1.165) is 22.3 Å². The van der Waals surface area contributed by atoms with Crippen LogP contribution in [0, 0.1) is 20.8 Å². The maximum absolute atomic E-state index is 12.6. The molecule has 0 aromatic heterocycles. The molecule has 0 saturated carbocycles. The number of amides is 1. The minimum Gasteiger partial charge on any atom is -0.460 e.